The third-order valence-electron chi connectivity index (χ3n) is 5.44. The second kappa shape index (κ2) is 7.57. The third kappa shape index (κ3) is 3.64. The van der Waals surface area contributed by atoms with Gasteiger partial charge in [0.2, 0.25) is 5.82 Å². The van der Waals surface area contributed by atoms with Gasteiger partial charge in [-0.05, 0) is 34.6 Å². The molecule has 1 saturated heterocycles. The molecular weight excluding hydrogens is 393 g/mol. The number of carbonyl (C=O) groups excluding carboxylic acids is 1. The predicted molar refractivity (Wildman–Crippen MR) is 111 cm³/mol. The van der Waals surface area contributed by atoms with Crippen molar-refractivity contribution in [2.75, 3.05) is 18.0 Å². The number of aliphatic hydroxyl groups excluding tert-OH is 1. The summed E-state index contributed by atoms with van der Waals surface area (Å²) in [4.78, 5) is 33.0. The molecule has 10 heteroatoms. The molecule has 1 aliphatic heterocycles. The number of carbonyl (C=O) groups is 1. The van der Waals surface area contributed by atoms with E-state index in [4.69, 9.17) is 4.74 Å². The summed E-state index contributed by atoms with van der Waals surface area (Å²) in [6, 6.07) is -0.548. The number of pyridine rings is 1. The highest BCUT2D eigenvalue weighted by atomic mass is 19.1. The van der Waals surface area contributed by atoms with Crippen LogP contribution in [-0.4, -0.2) is 61.0 Å². The van der Waals surface area contributed by atoms with E-state index in [2.05, 4.69) is 4.98 Å². The number of ether oxygens (including phenoxy) is 1. The Labute approximate surface area is 174 Å². The number of halogens is 1. The van der Waals surface area contributed by atoms with Crippen molar-refractivity contribution < 1.29 is 19.0 Å². The molecule has 1 amide bonds. The highest BCUT2D eigenvalue weighted by Gasteiger charge is 2.37. The minimum Gasteiger partial charge on any atom is -0.444 e. The lowest BCUT2D eigenvalue weighted by atomic mass is 10.1. The van der Waals surface area contributed by atoms with Crippen molar-refractivity contribution in [3.63, 3.8) is 0 Å². The van der Waals surface area contributed by atoms with E-state index in [1.807, 2.05) is 13.8 Å². The van der Waals surface area contributed by atoms with Crippen LogP contribution in [0.3, 0.4) is 0 Å². The molecule has 2 aromatic heterocycles. The van der Waals surface area contributed by atoms with Crippen molar-refractivity contribution in [1.29, 1.82) is 0 Å². The first-order valence-electron chi connectivity index (χ1n) is 9.98. The molecule has 166 valence electrons. The Morgan fingerprint density at radius 3 is 2.40 bits per heavy atom. The molecule has 0 radical (unpaired) electrons. The second-order valence-corrected chi connectivity index (χ2v) is 8.93. The number of hydrogen-bond donors (Lipinski definition) is 1. The zero-order chi connectivity index (χ0) is 22.5. The molecular formula is C20H30FN5O4. The first-order valence-corrected chi connectivity index (χ1v) is 9.98. The average Bonchev–Trinajstić information content (AvgIpc) is 2.97. The van der Waals surface area contributed by atoms with Crippen molar-refractivity contribution in [3.05, 3.63) is 22.0 Å². The van der Waals surface area contributed by atoms with Gasteiger partial charge in [-0.2, -0.15) is 4.39 Å². The number of aromatic nitrogens is 3. The molecule has 3 rings (SSSR count). The molecule has 2 atom stereocenters. The van der Waals surface area contributed by atoms with Crippen LogP contribution in [0.15, 0.2) is 4.79 Å². The SMILES string of the molecule is C[C@@H]1CN(c2c(F)c(=O)n(C)c3c2nc(CO)n3C)[C@@H](C)CN1C(=O)OC(C)(C)C. The van der Waals surface area contributed by atoms with E-state index < -0.39 is 23.1 Å². The summed E-state index contributed by atoms with van der Waals surface area (Å²) in [5.74, 6) is -0.558. The summed E-state index contributed by atoms with van der Waals surface area (Å²) in [7, 11) is 3.15. The first-order chi connectivity index (χ1) is 13.9. The zero-order valence-corrected chi connectivity index (χ0v) is 18.6. The minimum atomic E-state index is -0.891. The number of amides is 1. The molecule has 0 bridgehead atoms. The van der Waals surface area contributed by atoms with E-state index in [0.29, 0.717) is 30.1 Å². The predicted octanol–water partition coefficient (Wildman–Crippen LogP) is 1.74. The van der Waals surface area contributed by atoms with Gasteiger partial charge in [0, 0.05) is 39.3 Å². The highest BCUT2D eigenvalue weighted by Crippen LogP contribution is 2.32. The monoisotopic (exact) mass is 423 g/mol. The van der Waals surface area contributed by atoms with Crippen molar-refractivity contribution in [2.45, 2.75) is 58.9 Å². The van der Waals surface area contributed by atoms with Gasteiger partial charge in [-0.25, -0.2) is 9.78 Å². The quantitative estimate of drug-likeness (QED) is 0.791. The van der Waals surface area contributed by atoms with E-state index in [1.54, 1.807) is 42.2 Å². The molecule has 1 fully saturated rings. The minimum absolute atomic E-state index is 0.103. The van der Waals surface area contributed by atoms with Gasteiger partial charge >= 0.3 is 6.09 Å². The number of anilines is 1. The maximum absolute atomic E-state index is 15.2. The number of rotatable bonds is 2. The fourth-order valence-electron chi connectivity index (χ4n) is 3.94. The lowest BCUT2D eigenvalue weighted by molar-refractivity contribution is 0.0130. The molecule has 1 aliphatic rings. The first kappa shape index (κ1) is 22.1. The summed E-state index contributed by atoms with van der Waals surface area (Å²) in [6.07, 6.45) is -0.420. The summed E-state index contributed by atoms with van der Waals surface area (Å²) in [5, 5.41) is 9.60. The Kier molecular flexibility index (Phi) is 5.57. The molecule has 30 heavy (non-hydrogen) atoms. The second-order valence-electron chi connectivity index (χ2n) is 8.93. The maximum Gasteiger partial charge on any atom is 0.410 e. The fraction of sp³-hybridized carbons (Fsp3) is 0.650. The fourth-order valence-corrected chi connectivity index (χ4v) is 3.94. The van der Waals surface area contributed by atoms with Crippen molar-refractivity contribution in [1.82, 2.24) is 19.0 Å². The van der Waals surface area contributed by atoms with Gasteiger partial charge in [-0.15, -0.1) is 0 Å². The summed E-state index contributed by atoms with van der Waals surface area (Å²) in [5.41, 5.74) is -0.540. The van der Waals surface area contributed by atoms with Crippen molar-refractivity contribution in [2.24, 2.45) is 14.1 Å². The summed E-state index contributed by atoms with van der Waals surface area (Å²) < 4.78 is 23.5. The van der Waals surface area contributed by atoms with Gasteiger partial charge in [0.05, 0.1) is 0 Å². The normalized spacial score (nSPS) is 20.2. The zero-order valence-electron chi connectivity index (χ0n) is 18.6. The molecule has 0 aliphatic carbocycles. The van der Waals surface area contributed by atoms with Crippen LogP contribution in [0.25, 0.3) is 11.2 Å². The van der Waals surface area contributed by atoms with Crippen LogP contribution < -0.4 is 10.5 Å². The van der Waals surface area contributed by atoms with Crippen LogP contribution in [0.1, 0.15) is 40.4 Å². The van der Waals surface area contributed by atoms with Gasteiger partial charge < -0.3 is 24.2 Å². The average molecular weight is 423 g/mol. The Bertz CT molecular complexity index is 1040. The Morgan fingerprint density at radius 1 is 1.20 bits per heavy atom. The summed E-state index contributed by atoms with van der Waals surface area (Å²) in [6.45, 7) is 9.43. The van der Waals surface area contributed by atoms with Crippen LogP contribution in [0.2, 0.25) is 0 Å². The maximum atomic E-state index is 15.2. The van der Waals surface area contributed by atoms with Crippen LogP contribution in [-0.2, 0) is 25.4 Å². The highest BCUT2D eigenvalue weighted by molar-refractivity contribution is 5.88. The topological polar surface area (TPSA) is 92.8 Å². The molecule has 0 saturated carbocycles. The van der Waals surface area contributed by atoms with Crippen LogP contribution >= 0.6 is 0 Å². The van der Waals surface area contributed by atoms with Crippen molar-refractivity contribution in [3.8, 4) is 0 Å². The largest absolute Gasteiger partial charge is 0.444 e. The number of piperazine rings is 1. The smallest absolute Gasteiger partial charge is 0.410 e. The number of aryl methyl sites for hydroxylation is 2. The van der Waals surface area contributed by atoms with Gasteiger partial charge in [0.1, 0.15) is 34.9 Å². The molecule has 2 aromatic rings. The molecule has 0 aromatic carbocycles. The van der Waals surface area contributed by atoms with Crippen LogP contribution in [0.4, 0.5) is 14.9 Å². The van der Waals surface area contributed by atoms with E-state index in [1.165, 1.54) is 11.6 Å². The Balaban J connectivity index is 2.05. The number of fused-ring (bicyclic) bond motifs is 1. The lowest BCUT2D eigenvalue weighted by Crippen LogP contribution is -2.59. The van der Waals surface area contributed by atoms with E-state index in [-0.39, 0.29) is 24.4 Å². The summed E-state index contributed by atoms with van der Waals surface area (Å²) >= 11 is 0. The van der Waals surface area contributed by atoms with E-state index >= 15 is 4.39 Å². The number of hydrogen-bond acceptors (Lipinski definition) is 6. The third-order valence-corrected chi connectivity index (χ3v) is 5.44. The van der Waals surface area contributed by atoms with E-state index in [9.17, 15) is 14.7 Å². The Morgan fingerprint density at radius 2 is 1.83 bits per heavy atom. The number of nitrogens with zero attached hydrogens (tertiary/aromatic N) is 5. The standard InChI is InChI=1S/C20H30FN5O4/c1-11-9-26(19(29)30-20(3,4)5)12(2)8-25(11)16-14(21)18(28)24(7)17-15(16)22-13(10-27)23(17)6/h11-12,27H,8-10H2,1-7H3/t11-,12+/m0/s1. The van der Waals surface area contributed by atoms with Gasteiger partial charge in [0.25, 0.3) is 5.56 Å². The van der Waals surface area contributed by atoms with Crippen molar-refractivity contribution >= 4 is 22.9 Å². The number of aliphatic hydroxyl groups is 1. The molecule has 3 heterocycles. The molecule has 1 N–H and O–H groups in total. The van der Waals surface area contributed by atoms with Crippen LogP contribution in [0, 0.1) is 5.82 Å². The van der Waals surface area contributed by atoms with Gasteiger partial charge in [-0.1, -0.05) is 0 Å². The molecule has 0 spiro atoms. The lowest BCUT2D eigenvalue weighted by Gasteiger charge is -2.45. The molecule has 9 nitrogen and oxygen atoms in total. The number of imidazole rings is 1. The van der Waals surface area contributed by atoms with E-state index in [0.717, 1.165) is 0 Å². The van der Waals surface area contributed by atoms with Crippen LogP contribution in [0.5, 0.6) is 0 Å². The van der Waals surface area contributed by atoms with Gasteiger partial charge in [0.15, 0.2) is 0 Å². The Hall–Kier alpha value is -2.62. The molecule has 0 unspecified atom stereocenters. The van der Waals surface area contributed by atoms with Gasteiger partial charge in [-0.3, -0.25) is 9.36 Å².